The van der Waals surface area contributed by atoms with Crippen molar-refractivity contribution in [2.24, 2.45) is 5.92 Å². The first-order valence-corrected chi connectivity index (χ1v) is 9.61. The van der Waals surface area contributed by atoms with Gasteiger partial charge in [0.15, 0.2) is 0 Å². The largest absolute Gasteiger partial charge is 0.489 e. The van der Waals surface area contributed by atoms with E-state index in [1.807, 2.05) is 0 Å². The predicted octanol–water partition coefficient (Wildman–Crippen LogP) is 4.03. The maximum atomic E-state index is 11.7. The average molecular weight is 367 g/mol. The van der Waals surface area contributed by atoms with Crippen LogP contribution in [0.15, 0.2) is 59.4 Å². The number of carbonyl (C=O) groups is 1. The van der Waals surface area contributed by atoms with Gasteiger partial charge < -0.3 is 14.4 Å². The first kappa shape index (κ1) is 19.4. The van der Waals surface area contributed by atoms with Crippen molar-refractivity contribution in [2.45, 2.75) is 32.3 Å². The fourth-order valence-electron chi connectivity index (χ4n) is 3.69. The minimum absolute atomic E-state index is 0.154. The molecule has 1 heterocycles. The van der Waals surface area contributed by atoms with Crippen LogP contribution in [0.1, 0.15) is 30.4 Å². The van der Waals surface area contributed by atoms with E-state index in [-0.39, 0.29) is 11.9 Å². The molecule has 0 aromatic heterocycles. The highest BCUT2D eigenvalue weighted by molar-refractivity contribution is 5.69. The Bertz CT molecular complexity index is 774. The molecule has 1 aliphatic heterocycles. The summed E-state index contributed by atoms with van der Waals surface area (Å²) in [7, 11) is 5.62. The zero-order valence-corrected chi connectivity index (χ0v) is 16.5. The molecule has 1 aromatic rings. The molecule has 0 saturated carbocycles. The van der Waals surface area contributed by atoms with Crippen LogP contribution in [0.25, 0.3) is 0 Å². The van der Waals surface area contributed by atoms with Crippen molar-refractivity contribution in [3.05, 3.63) is 70.5 Å². The highest BCUT2D eigenvalue weighted by Crippen LogP contribution is 2.38. The molecule has 0 fully saturated rings. The summed E-state index contributed by atoms with van der Waals surface area (Å²) in [6, 6.07) is 8.48. The van der Waals surface area contributed by atoms with E-state index in [9.17, 15) is 4.79 Å². The van der Waals surface area contributed by atoms with Crippen molar-refractivity contribution >= 4 is 5.97 Å². The summed E-state index contributed by atoms with van der Waals surface area (Å²) in [5.74, 6) is 1.04. The Kier molecular flexibility index (Phi) is 6.51. The van der Waals surface area contributed by atoms with Gasteiger partial charge in [-0.1, -0.05) is 36.4 Å². The number of fused-ring (bicyclic) bond motifs is 1. The highest BCUT2D eigenvalue weighted by atomic mass is 16.5. The van der Waals surface area contributed by atoms with Crippen molar-refractivity contribution in [2.75, 3.05) is 27.7 Å². The molecule has 0 bridgehead atoms. The molecular formula is C23H29NO3. The lowest BCUT2D eigenvalue weighted by Gasteiger charge is -2.25. The third-order valence-corrected chi connectivity index (χ3v) is 5.22. The maximum absolute atomic E-state index is 11.7. The van der Waals surface area contributed by atoms with Crippen LogP contribution in [0.2, 0.25) is 0 Å². The van der Waals surface area contributed by atoms with Gasteiger partial charge in [0, 0.05) is 30.9 Å². The summed E-state index contributed by atoms with van der Waals surface area (Å²) in [6.07, 6.45) is 9.64. The van der Waals surface area contributed by atoms with Crippen LogP contribution < -0.4 is 0 Å². The van der Waals surface area contributed by atoms with E-state index in [0.29, 0.717) is 13.0 Å². The molecule has 0 saturated heterocycles. The predicted molar refractivity (Wildman–Crippen MR) is 107 cm³/mol. The number of carbonyl (C=O) groups excluding carboxylic acids is 1. The van der Waals surface area contributed by atoms with E-state index in [4.69, 9.17) is 9.47 Å². The monoisotopic (exact) mass is 367 g/mol. The molecule has 0 amide bonds. The number of esters is 1. The lowest BCUT2D eigenvalue weighted by atomic mass is 9.81. The molecule has 0 N–H and O–H groups in total. The van der Waals surface area contributed by atoms with Crippen LogP contribution in [0.4, 0.5) is 0 Å². The first-order valence-electron chi connectivity index (χ1n) is 9.61. The second-order valence-corrected chi connectivity index (χ2v) is 7.41. The van der Waals surface area contributed by atoms with Gasteiger partial charge in [0.05, 0.1) is 7.11 Å². The Morgan fingerprint density at radius 2 is 2.07 bits per heavy atom. The van der Waals surface area contributed by atoms with Crippen LogP contribution in [-0.2, 0) is 27.3 Å². The number of allylic oxidation sites excluding steroid dienone is 4. The molecule has 27 heavy (non-hydrogen) atoms. The summed E-state index contributed by atoms with van der Waals surface area (Å²) >= 11 is 0. The molecule has 4 heteroatoms. The molecule has 0 spiro atoms. The van der Waals surface area contributed by atoms with Crippen LogP contribution in [0, 0.1) is 5.92 Å². The quantitative estimate of drug-likeness (QED) is 0.712. The fraction of sp³-hybridized carbons (Fsp3) is 0.435. The zero-order chi connectivity index (χ0) is 19.2. The smallest absolute Gasteiger partial charge is 0.305 e. The van der Waals surface area contributed by atoms with Crippen LogP contribution in [-0.4, -0.2) is 38.6 Å². The van der Waals surface area contributed by atoms with E-state index >= 15 is 0 Å². The number of benzene rings is 1. The van der Waals surface area contributed by atoms with Crippen molar-refractivity contribution in [3.63, 3.8) is 0 Å². The molecule has 1 aromatic carbocycles. The van der Waals surface area contributed by atoms with Gasteiger partial charge in [-0.2, -0.15) is 0 Å². The Balaban J connectivity index is 1.88. The maximum Gasteiger partial charge on any atom is 0.305 e. The Hall–Kier alpha value is -2.33. The van der Waals surface area contributed by atoms with Gasteiger partial charge in [-0.3, -0.25) is 4.79 Å². The molecule has 1 aliphatic carbocycles. The summed E-state index contributed by atoms with van der Waals surface area (Å²) in [5, 5.41) is 0. The van der Waals surface area contributed by atoms with Gasteiger partial charge in [-0.25, -0.2) is 0 Å². The number of methoxy groups -OCH3 is 1. The van der Waals surface area contributed by atoms with Gasteiger partial charge >= 0.3 is 5.97 Å². The molecule has 1 unspecified atom stereocenters. The summed E-state index contributed by atoms with van der Waals surface area (Å²) in [4.78, 5) is 13.8. The lowest BCUT2D eigenvalue weighted by Crippen LogP contribution is -2.16. The topological polar surface area (TPSA) is 38.8 Å². The minimum Gasteiger partial charge on any atom is -0.489 e. The van der Waals surface area contributed by atoms with Crippen LogP contribution >= 0.6 is 0 Å². The fourth-order valence-corrected chi connectivity index (χ4v) is 3.69. The second-order valence-electron chi connectivity index (χ2n) is 7.41. The Morgan fingerprint density at radius 3 is 2.81 bits per heavy atom. The van der Waals surface area contributed by atoms with E-state index in [1.165, 1.54) is 29.4 Å². The van der Waals surface area contributed by atoms with Gasteiger partial charge in [0.25, 0.3) is 0 Å². The number of ether oxygens (including phenoxy) is 2. The van der Waals surface area contributed by atoms with Crippen molar-refractivity contribution in [1.29, 1.82) is 0 Å². The van der Waals surface area contributed by atoms with Crippen molar-refractivity contribution in [1.82, 2.24) is 4.90 Å². The van der Waals surface area contributed by atoms with E-state index in [0.717, 1.165) is 31.6 Å². The zero-order valence-electron chi connectivity index (χ0n) is 16.5. The first-order chi connectivity index (χ1) is 13.1. The number of hydrogen-bond acceptors (Lipinski definition) is 4. The minimum atomic E-state index is -0.154. The molecular weight excluding hydrogens is 338 g/mol. The lowest BCUT2D eigenvalue weighted by molar-refractivity contribution is -0.140. The van der Waals surface area contributed by atoms with E-state index < -0.39 is 0 Å². The second kappa shape index (κ2) is 9.05. The third-order valence-electron chi connectivity index (χ3n) is 5.22. The summed E-state index contributed by atoms with van der Waals surface area (Å²) in [5.41, 5.74) is 5.13. The standard InChI is InChI=1S/C23H29NO3/c1-24(2)14-6-9-20-17(11-13-23(25)26-3)10-12-22-21(20)15-18-7-4-5-8-19(18)16-27-22/h4-5,7-10,12,17H,6,11,13-16H2,1-3H3/b20-9-. The molecule has 144 valence electrons. The SMILES string of the molecule is COC(=O)CCC1C=CC2=C(Cc3ccccc3CO2)/C1=C\CCN(C)C. The normalized spacial score (nSPS) is 20.1. The third kappa shape index (κ3) is 4.89. The number of rotatable bonds is 6. The van der Waals surface area contributed by atoms with Gasteiger partial charge in [0.1, 0.15) is 12.4 Å². The van der Waals surface area contributed by atoms with E-state index in [2.05, 4.69) is 61.5 Å². The summed E-state index contributed by atoms with van der Waals surface area (Å²) in [6.45, 7) is 1.61. The number of hydrogen-bond donors (Lipinski definition) is 0. The Labute approximate surface area is 162 Å². The average Bonchev–Trinajstić information content (AvgIpc) is 2.86. The summed E-state index contributed by atoms with van der Waals surface area (Å²) < 4.78 is 11.0. The van der Waals surface area contributed by atoms with Gasteiger partial charge in [-0.05, 0) is 49.7 Å². The number of nitrogens with zero attached hydrogens (tertiary/aromatic N) is 1. The van der Waals surface area contributed by atoms with Crippen LogP contribution in [0.3, 0.4) is 0 Å². The van der Waals surface area contributed by atoms with Gasteiger partial charge in [0.2, 0.25) is 0 Å². The molecule has 4 nitrogen and oxygen atoms in total. The molecule has 0 radical (unpaired) electrons. The molecule has 2 aliphatic rings. The van der Waals surface area contributed by atoms with Crippen molar-refractivity contribution < 1.29 is 14.3 Å². The Morgan fingerprint density at radius 1 is 1.30 bits per heavy atom. The highest BCUT2D eigenvalue weighted by Gasteiger charge is 2.26. The molecule has 3 rings (SSSR count). The van der Waals surface area contributed by atoms with Crippen LogP contribution in [0.5, 0.6) is 0 Å². The molecule has 1 atom stereocenters. The van der Waals surface area contributed by atoms with Crippen molar-refractivity contribution in [3.8, 4) is 0 Å². The van der Waals surface area contributed by atoms with E-state index in [1.54, 1.807) is 0 Å². The van der Waals surface area contributed by atoms with Gasteiger partial charge in [-0.15, -0.1) is 0 Å².